The van der Waals surface area contributed by atoms with Gasteiger partial charge in [0.1, 0.15) is 23.8 Å². The van der Waals surface area contributed by atoms with Gasteiger partial charge in [-0.1, -0.05) is 36.4 Å². The highest BCUT2D eigenvalue weighted by molar-refractivity contribution is 5.89. The highest BCUT2D eigenvalue weighted by atomic mass is 15.4. The lowest BCUT2D eigenvalue weighted by Crippen LogP contribution is -2.07. The lowest BCUT2D eigenvalue weighted by molar-refractivity contribution is 0.857. The molecule has 2 aromatic carbocycles. The number of aromatic nitrogens is 7. The van der Waals surface area contributed by atoms with E-state index >= 15 is 0 Å². The second kappa shape index (κ2) is 8.04. The van der Waals surface area contributed by atoms with Crippen LogP contribution in [-0.4, -0.2) is 34.5 Å². The first-order valence-electron chi connectivity index (χ1n) is 11.0. The minimum Gasteiger partial charge on any atom is -0.323 e. The number of hydrogen-bond donors (Lipinski definition) is 1. The molecule has 0 atom stereocenters. The molecule has 0 unspecified atom stereocenters. The summed E-state index contributed by atoms with van der Waals surface area (Å²) >= 11 is 0. The van der Waals surface area contributed by atoms with Crippen molar-refractivity contribution in [2.75, 3.05) is 5.32 Å². The Labute approximate surface area is 200 Å². The third-order valence-corrected chi connectivity index (χ3v) is 5.94. The summed E-state index contributed by atoms with van der Waals surface area (Å²) in [6.45, 7) is 4.07. The van der Waals surface area contributed by atoms with E-state index in [0.717, 1.165) is 27.7 Å². The molecule has 0 amide bonds. The fourth-order valence-corrected chi connectivity index (χ4v) is 4.19. The van der Waals surface area contributed by atoms with Crippen molar-refractivity contribution in [3.63, 3.8) is 0 Å². The first-order valence-corrected chi connectivity index (χ1v) is 11.0. The quantitative estimate of drug-likeness (QED) is 0.405. The van der Waals surface area contributed by atoms with Gasteiger partial charge in [0.15, 0.2) is 17.3 Å². The number of fused-ring (bicyclic) bond motifs is 2. The highest BCUT2D eigenvalue weighted by Crippen LogP contribution is 2.29. The van der Waals surface area contributed by atoms with Gasteiger partial charge in [-0.2, -0.15) is 20.1 Å². The molecule has 6 aromatic rings. The number of aryl methyl sites for hydroxylation is 2. The van der Waals surface area contributed by atoms with Crippen LogP contribution in [0.4, 0.5) is 11.6 Å². The molecule has 35 heavy (non-hydrogen) atoms. The smallest absolute Gasteiger partial charge is 0.168 e. The molecule has 0 spiro atoms. The largest absolute Gasteiger partial charge is 0.323 e. The Morgan fingerprint density at radius 2 is 1.69 bits per heavy atom. The van der Waals surface area contributed by atoms with Gasteiger partial charge in [0.25, 0.3) is 0 Å². The molecule has 0 radical (unpaired) electrons. The maximum Gasteiger partial charge on any atom is 0.168 e. The molecule has 0 aliphatic carbocycles. The fourth-order valence-electron chi connectivity index (χ4n) is 4.19. The van der Waals surface area contributed by atoms with Crippen molar-refractivity contribution < 1.29 is 0 Å². The average Bonchev–Trinajstić information content (AvgIpc) is 3.50. The van der Waals surface area contributed by atoms with Crippen LogP contribution in [0.3, 0.4) is 0 Å². The summed E-state index contributed by atoms with van der Waals surface area (Å²) in [5.41, 5.74) is 4.95. The number of nitrogens with zero attached hydrogens (tertiary/aromatic N) is 8. The number of rotatable bonds is 4. The van der Waals surface area contributed by atoms with Gasteiger partial charge in [-0.15, -0.1) is 0 Å². The van der Waals surface area contributed by atoms with E-state index in [9.17, 15) is 5.26 Å². The molecular formula is C26H19N9. The molecule has 4 aromatic heterocycles. The van der Waals surface area contributed by atoms with Crippen LogP contribution in [0, 0.1) is 25.2 Å². The third-order valence-electron chi connectivity index (χ3n) is 5.94. The normalized spacial score (nSPS) is 11.1. The predicted molar refractivity (Wildman–Crippen MR) is 133 cm³/mol. The van der Waals surface area contributed by atoms with Crippen molar-refractivity contribution in [3.05, 3.63) is 90.0 Å². The third kappa shape index (κ3) is 3.36. The predicted octanol–water partition coefficient (Wildman–Crippen LogP) is 4.78. The molecule has 0 bridgehead atoms. The summed E-state index contributed by atoms with van der Waals surface area (Å²) in [4.78, 5) is 13.7. The summed E-state index contributed by atoms with van der Waals surface area (Å²) in [6.07, 6.45) is 4.70. The first-order chi connectivity index (χ1) is 17.1. The van der Waals surface area contributed by atoms with Crippen LogP contribution in [0.25, 0.3) is 33.4 Å². The van der Waals surface area contributed by atoms with E-state index < -0.39 is 0 Å². The second-order valence-electron chi connectivity index (χ2n) is 8.18. The van der Waals surface area contributed by atoms with Crippen LogP contribution in [0.15, 0.2) is 73.3 Å². The van der Waals surface area contributed by atoms with E-state index in [0.29, 0.717) is 34.1 Å². The summed E-state index contributed by atoms with van der Waals surface area (Å²) in [5, 5.41) is 23.9. The molecule has 9 heteroatoms. The van der Waals surface area contributed by atoms with Gasteiger partial charge in [-0.05, 0) is 43.2 Å². The number of pyridine rings is 1. The highest BCUT2D eigenvalue weighted by Gasteiger charge is 2.18. The fraction of sp³-hybridized carbons (Fsp3) is 0.0769. The van der Waals surface area contributed by atoms with Gasteiger partial charge < -0.3 is 5.32 Å². The van der Waals surface area contributed by atoms with Gasteiger partial charge in [0.2, 0.25) is 0 Å². The number of anilines is 2. The lowest BCUT2D eigenvalue weighted by Gasteiger charge is -2.12. The molecule has 0 saturated heterocycles. The van der Waals surface area contributed by atoms with Crippen LogP contribution in [-0.2, 0) is 0 Å². The van der Waals surface area contributed by atoms with E-state index in [4.69, 9.17) is 4.98 Å². The van der Waals surface area contributed by atoms with E-state index in [2.05, 4.69) is 37.6 Å². The number of para-hydroxylation sites is 2. The summed E-state index contributed by atoms with van der Waals surface area (Å²) in [6, 6.07) is 20.0. The molecule has 0 aliphatic rings. The van der Waals surface area contributed by atoms with E-state index in [-0.39, 0.29) is 0 Å². The van der Waals surface area contributed by atoms with E-state index in [1.807, 2.05) is 62.4 Å². The van der Waals surface area contributed by atoms with Crippen molar-refractivity contribution in [2.24, 2.45) is 0 Å². The molecular weight excluding hydrogens is 438 g/mol. The van der Waals surface area contributed by atoms with Crippen LogP contribution in [0.1, 0.15) is 16.7 Å². The van der Waals surface area contributed by atoms with Gasteiger partial charge in [0, 0.05) is 5.39 Å². The Morgan fingerprint density at radius 3 is 2.51 bits per heavy atom. The van der Waals surface area contributed by atoms with Gasteiger partial charge >= 0.3 is 0 Å². The lowest BCUT2D eigenvalue weighted by atomic mass is 10.1. The molecule has 6 rings (SSSR count). The number of benzene rings is 2. The van der Waals surface area contributed by atoms with Crippen LogP contribution in [0.5, 0.6) is 0 Å². The summed E-state index contributed by atoms with van der Waals surface area (Å²) in [5.74, 6) is 1.60. The molecule has 9 nitrogen and oxygen atoms in total. The molecule has 0 aliphatic heterocycles. The maximum absolute atomic E-state index is 9.78. The molecule has 168 valence electrons. The van der Waals surface area contributed by atoms with Crippen molar-refractivity contribution in [1.82, 2.24) is 34.5 Å². The Hall–Kier alpha value is -5.10. The van der Waals surface area contributed by atoms with Crippen molar-refractivity contribution in [2.45, 2.75) is 13.8 Å². The zero-order valence-electron chi connectivity index (χ0n) is 19.0. The molecule has 0 saturated carbocycles. The zero-order valence-corrected chi connectivity index (χ0v) is 19.0. The maximum atomic E-state index is 9.78. The summed E-state index contributed by atoms with van der Waals surface area (Å²) in [7, 11) is 0. The number of nitrogens with one attached hydrogen (secondary N) is 1. The van der Waals surface area contributed by atoms with Crippen LogP contribution >= 0.6 is 0 Å². The molecule has 0 fully saturated rings. The van der Waals surface area contributed by atoms with Crippen LogP contribution < -0.4 is 5.32 Å². The topological polar surface area (TPSA) is 110 Å². The Balaban J connectivity index is 1.48. The van der Waals surface area contributed by atoms with E-state index in [1.54, 1.807) is 15.6 Å². The van der Waals surface area contributed by atoms with Crippen LogP contribution in [0.2, 0.25) is 0 Å². The second-order valence-corrected chi connectivity index (χ2v) is 8.18. The Morgan fingerprint density at radius 1 is 0.857 bits per heavy atom. The Bertz CT molecular complexity index is 1760. The monoisotopic (exact) mass is 457 g/mol. The SMILES string of the molecule is Cc1cc(-n2ncc(C#N)c2Nc2ncnc3c2cnn3-c2ccccc2)nc2c(C)cccc12. The average molecular weight is 458 g/mol. The first kappa shape index (κ1) is 20.5. The standard InChI is InChI=1S/C26H19N9/c1-16-7-6-10-20-17(2)11-22(32-23(16)20)35-25(18(12-27)13-30-35)33-24-21-14-31-34(26(21)29-15-28-24)19-8-4-3-5-9-19/h3-11,13-15H,1-2H3,(H,28,29,33). The minimum atomic E-state index is 0.372. The van der Waals surface area contributed by atoms with Crippen molar-refractivity contribution in [1.29, 1.82) is 5.26 Å². The molecule has 1 N–H and O–H groups in total. The number of nitriles is 1. The van der Waals surface area contributed by atoms with Gasteiger partial charge in [-0.3, -0.25) is 0 Å². The minimum absolute atomic E-state index is 0.372. The number of hydrogen-bond acceptors (Lipinski definition) is 7. The van der Waals surface area contributed by atoms with Gasteiger partial charge in [0.05, 0.1) is 29.0 Å². The zero-order chi connectivity index (χ0) is 23.9. The Kier molecular flexibility index (Phi) is 4.71. The van der Waals surface area contributed by atoms with Gasteiger partial charge in [-0.25, -0.2) is 19.6 Å². The molecule has 4 heterocycles. The van der Waals surface area contributed by atoms with Crippen molar-refractivity contribution in [3.8, 4) is 17.6 Å². The van der Waals surface area contributed by atoms with Crippen molar-refractivity contribution >= 4 is 33.6 Å². The summed E-state index contributed by atoms with van der Waals surface area (Å²) < 4.78 is 3.38. The van der Waals surface area contributed by atoms with E-state index in [1.165, 1.54) is 12.5 Å².